The van der Waals surface area contributed by atoms with Gasteiger partial charge in [-0.15, -0.1) is 0 Å². The van der Waals surface area contributed by atoms with Crippen molar-refractivity contribution in [1.29, 1.82) is 5.26 Å². The van der Waals surface area contributed by atoms with Crippen LogP contribution >= 0.6 is 0 Å². The van der Waals surface area contributed by atoms with Crippen LogP contribution in [0.1, 0.15) is 12.0 Å². The number of benzene rings is 1. The third-order valence-corrected chi connectivity index (χ3v) is 4.79. The minimum Gasteiger partial charge on any atom is -0.493 e. The van der Waals surface area contributed by atoms with Crippen LogP contribution in [0.15, 0.2) is 17.1 Å². The second-order valence-corrected chi connectivity index (χ2v) is 6.68. The van der Waals surface area contributed by atoms with Gasteiger partial charge >= 0.3 is 0 Å². The lowest BCUT2D eigenvalue weighted by atomic mass is 10.1. The molecule has 0 unspecified atom stereocenters. The number of nitriles is 1. The first kappa shape index (κ1) is 20.4. The van der Waals surface area contributed by atoms with E-state index in [1.807, 2.05) is 0 Å². The van der Waals surface area contributed by atoms with Crippen LogP contribution in [0.5, 0.6) is 11.5 Å². The number of aliphatic imine (C=N–C) groups is 1. The molecule has 0 amide bonds. The average molecular weight is 388 g/mol. The van der Waals surface area contributed by atoms with Gasteiger partial charge in [0.05, 0.1) is 57.7 Å². The zero-order valence-corrected chi connectivity index (χ0v) is 16.4. The predicted octanol–water partition coefficient (Wildman–Crippen LogP) is 1.66. The fourth-order valence-corrected chi connectivity index (χ4v) is 3.15. The quantitative estimate of drug-likeness (QED) is 0.381. The third kappa shape index (κ3) is 5.83. The standard InChI is InChI=1S/C20H28N4O4/c1-25-19-14-18(22-16-24-6-11-27-12-7-24)17(15-21)13-20(19)28-8-2-3-23-4-9-26-10-5-23/h13-14,16H,2-12H2,1H3. The smallest absolute Gasteiger partial charge is 0.162 e. The van der Waals surface area contributed by atoms with E-state index < -0.39 is 0 Å². The lowest BCUT2D eigenvalue weighted by Crippen LogP contribution is -2.37. The Hall–Kier alpha value is -2.34. The van der Waals surface area contributed by atoms with Gasteiger partial charge in [-0.2, -0.15) is 5.26 Å². The van der Waals surface area contributed by atoms with Crippen molar-refractivity contribution in [2.24, 2.45) is 4.99 Å². The second kappa shape index (κ2) is 10.9. The summed E-state index contributed by atoms with van der Waals surface area (Å²) in [7, 11) is 1.59. The van der Waals surface area contributed by atoms with Crippen molar-refractivity contribution in [3.05, 3.63) is 17.7 Å². The zero-order chi connectivity index (χ0) is 19.6. The summed E-state index contributed by atoms with van der Waals surface area (Å²) in [4.78, 5) is 8.92. The Bertz CT molecular complexity index is 692. The number of morpholine rings is 2. The van der Waals surface area contributed by atoms with Crippen LogP contribution in [0.4, 0.5) is 5.69 Å². The van der Waals surface area contributed by atoms with Crippen LogP contribution in [0, 0.1) is 11.3 Å². The molecule has 3 rings (SSSR count). The maximum atomic E-state index is 9.51. The molecule has 1 aromatic rings. The largest absolute Gasteiger partial charge is 0.493 e. The number of ether oxygens (including phenoxy) is 4. The molecule has 2 fully saturated rings. The fraction of sp³-hybridized carbons (Fsp3) is 0.600. The van der Waals surface area contributed by atoms with Crippen LogP contribution in [0.2, 0.25) is 0 Å². The van der Waals surface area contributed by atoms with E-state index in [0.29, 0.717) is 42.6 Å². The molecular weight excluding hydrogens is 360 g/mol. The van der Waals surface area contributed by atoms with Crippen molar-refractivity contribution >= 4 is 12.0 Å². The topological polar surface area (TPSA) is 79.5 Å². The number of methoxy groups -OCH3 is 1. The molecule has 0 N–H and O–H groups in total. The summed E-state index contributed by atoms with van der Waals surface area (Å²) in [6.45, 7) is 8.05. The molecule has 152 valence electrons. The normalized spacial score (nSPS) is 18.2. The SMILES string of the molecule is COc1cc(N=CN2CCOCC2)c(C#N)cc1OCCCN1CCOCC1. The highest BCUT2D eigenvalue weighted by Gasteiger charge is 2.13. The van der Waals surface area contributed by atoms with Crippen molar-refractivity contribution < 1.29 is 18.9 Å². The molecular formula is C20H28N4O4. The van der Waals surface area contributed by atoms with Gasteiger partial charge in [0.25, 0.3) is 0 Å². The summed E-state index contributed by atoms with van der Waals surface area (Å²) < 4.78 is 22.0. The molecule has 2 aliphatic heterocycles. The van der Waals surface area contributed by atoms with Gasteiger partial charge in [0.1, 0.15) is 6.07 Å². The summed E-state index contributed by atoms with van der Waals surface area (Å²) in [6, 6.07) is 5.67. The van der Waals surface area contributed by atoms with Gasteiger partial charge < -0.3 is 23.8 Å². The maximum Gasteiger partial charge on any atom is 0.162 e. The van der Waals surface area contributed by atoms with E-state index in [1.54, 1.807) is 25.6 Å². The number of rotatable bonds is 8. The van der Waals surface area contributed by atoms with Crippen molar-refractivity contribution in [3.63, 3.8) is 0 Å². The summed E-state index contributed by atoms with van der Waals surface area (Å²) in [6.07, 6.45) is 2.67. The zero-order valence-electron chi connectivity index (χ0n) is 16.4. The molecule has 1 aromatic carbocycles. The van der Waals surface area contributed by atoms with Gasteiger partial charge in [-0.05, 0) is 6.42 Å². The van der Waals surface area contributed by atoms with Gasteiger partial charge in [0.2, 0.25) is 0 Å². The van der Waals surface area contributed by atoms with Crippen LogP contribution in [-0.4, -0.2) is 89.0 Å². The number of hydrogen-bond donors (Lipinski definition) is 0. The molecule has 8 heteroatoms. The van der Waals surface area contributed by atoms with Crippen LogP contribution in [-0.2, 0) is 9.47 Å². The first-order valence-corrected chi connectivity index (χ1v) is 9.71. The minimum absolute atomic E-state index is 0.466. The lowest BCUT2D eigenvalue weighted by molar-refractivity contribution is 0.0357. The first-order valence-electron chi connectivity index (χ1n) is 9.71. The van der Waals surface area contributed by atoms with E-state index >= 15 is 0 Å². The molecule has 2 aliphatic rings. The summed E-state index contributed by atoms with van der Waals surface area (Å²) >= 11 is 0. The molecule has 0 atom stereocenters. The Morgan fingerprint density at radius 3 is 2.50 bits per heavy atom. The van der Waals surface area contributed by atoms with E-state index in [4.69, 9.17) is 18.9 Å². The van der Waals surface area contributed by atoms with Crippen LogP contribution < -0.4 is 9.47 Å². The minimum atomic E-state index is 0.466. The highest BCUT2D eigenvalue weighted by Crippen LogP contribution is 2.34. The highest BCUT2D eigenvalue weighted by atomic mass is 16.5. The van der Waals surface area contributed by atoms with Crippen molar-refractivity contribution in [2.45, 2.75) is 6.42 Å². The van der Waals surface area contributed by atoms with Crippen LogP contribution in [0.3, 0.4) is 0 Å². The lowest BCUT2D eigenvalue weighted by Gasteiger charge is -2.26. The Balaban J connectivity index is 1.59. The molecule has 0 radical (unpaired) electrons. The van der Waals surface area contributed by atoms with E-state index in [-0.39, 0.29) is 0 Å². The van der Waals surface area contributed by atoms with Crippen LogP contribution in [0.25, 0.3) is 0 Å². The third-order valence-electron chi connectivity index (χ3n) is 4.79. The molecule has 2 heterocycles. The van der Waals surface area contributed by atoms with E-state index in [9.17, 15) is 5.26 Å². The van der Waals surface area contributed by atoms with Gasteiger partial charge in [0, 0.05) is 44.9 Å². The van der Waals surface area contributed by atoms with Gasteiger partial charge in [-0.1, -0.05) is 0 Å². The molecule has 0 spiro atoms. The average Bonchev–Trinajstić information content (AvgIpc) is 2.76. The van der Waals surface area contributed by atoms with Crippen molar-refractivity contribution in [3.8, 4) is 17.6 Å². The van der Waals surface area contributed by atoms with Crippen molar-refractivity contribution in [2.75, 3.05) is 72.9 Å². The van der Waals surface area contributed by atoms with Crippen molar-refractivity contribution in [1.82, 2.24) is 9.80 Å². The summed E-state index contributed by atoms with van der Waals surface area (Å²) in [5.74, 6) is 1.16. The van der Waals surface area contributed by atoms with E-state index in [2.05, 4.69) is 20.9 Å². The summed E-state index contributed by atoms with van der Waals surface area (Å²) in [5.41, 5.74) is 1.04. The monoisotopic (exact) mass is 388 g/mol. The summed E-state index contributed by atoms with van der Waals surface area (Å²) in [5, 5.41) is 9.51. The first-order chi connectivity index (χ1) is 13.8. The molecule has 8 nitrogen and oxygen atoms in total. The van der Waals surface area contributed by atoms with E-state index in [1.165, 1.54) is 0 Å². The fourth-order valence-electron chi connectivity index (χ4n) is 3.15. The van der Waals surface area contributed by atoms with E-state index in [0.717, 1.165) is 52.4 Å². The van der Waals surface area contributed by atoms with Gasteiger partial charge in [-0.25, -0.2) is 4.99 Å². The molecule has 28 heavy (non-hydrogen) atoms. The highest BCUT2D eigenvalue weighted by molar-refractivity contribution is 5.68. The Morgan fingerprint density at radius 2 is 1.82 bits per heavy atom. The Morgan fingerprint density at radius 1 is 1.11 bits per heavy atom. The molecule has 0 aliphatic carbocycles. The Labute approximate surface area is 166 Å². The number of hydrogen-bond acceptors (Lipinski definition) is 7. The predicted molar refractivity (Wildman–Crippen MR) is 106 cm³/mol. The molecule has 0 bridgehead atoms. The molecule has 0 saturated carbocycles. The maximum absolute atomic E-state index is 9.51. The molecule has 0 aromatic heterocycles. The van der Waals surface area contributed by atoms with Gasteiger partial charge in [-0.3, -0.25) is 4.90 Å². The number of nitrogens with zero attached hydrogens (tertiary/aromatic N) is 4. The molecule has 2 saturated heterocycles. The Kier molecular flexibility index (Phi) is 7.91. The van der Waals surface area contributed by atoms with Gasteiger partial charge in [0.15, 0.2) is 11.5 Å². The second-order valence-electron chi connectivity index (χ2n) is 6.68.